The van der Waals surface area contributed by atoms with Gasteiger partial charge in [-0.05, 0) is 35.6 Å². The number of benzene rings is 2. The minimum absolute atomic E-state index is 0.143. The molecule has 2 aromatic carbocycles. The van der Waals surface area contributed by atoms with Crippen molar-refractivity contribution in [1.29, 1.82) is 5.26 Å². The van der Waals surface area contributed by atoms with Gasteiger partial charge in [0.15, 0.2) is 0 Å². The van der Waals surface area contributed by atoms with Crippen LogP contribution in [-0.2, 0) is 11.3 Å². The molecule has 2 aliphatic rings. The molecule has 25 heavy (non-hydrogen) atoms. The van der Waals surface area contributed by atoms with Crippen LogP contribution in [0.25, 0.3) is 11.1 Å². The highest BCUT2D eigenvalue weighted by Gasteiger charge is 2.46. The molecule has 0 N–H and O–H groups in total. The van der Waals surface area contributed by atoms with Crippen LogP contribution in [0.4, 0.5) is 0 Å². The topological polar surface area (TPSA) is 56.5 Å². The van der Waals surface area contributed by atoms with E-state index in [4.69, 9.17) is 0 Å². The molecule has 1 amide bonds. The molecule has 1 heterocycles. The van der Waals surface area contributed by atoms with Crippen molar-refractivity contribution in [1.82, 2.24) is 4.90 Å². The van der Waals surface area contributed by atoms with E-state index in [1.54, 1.807) is 11.2 Å². The van der Waals surface area contributed by atoms with Gasteiger partial charge in [0.2, 0.25) is 0 Å². The number of carbonyl (C=O) groups is 1. The van der Waals surface area contributed by atoms with Crippen molar-refractivity contribution in [2.24, 2.45) is 4.99 Å². The van der Waals surface area contributed by atoms with Gasteiger partial charge in [-0.2, -0.15) is 5.26 Å². The molecule has 0 radical (unpaired) electrons. The minimum Gasteiger partial charge on any atom is -0.297 e. The third kappa shape index (κ3) is 2.72. The third-order valence-electron chi connectivity index (χ3n) is 5.20. The van der Waals surface area contributed by atoms with Crippen LogP contribution in [0.3, 0.4) is 0 Å². The average Bonchev–Trinajstić information content (AvgIpc) is 3.26. The highest BCUT2D eigenvalue weighted by atomic mass is 16.2. The summed E-state index contributed by atoms with van der Waals surface area (Å²) in [6, 6.07) is 17.9. The van der Waals surface area contributed by atoms with Crippen molar-refractivity contribution in [2.75, 3.05) is 0 Å². The number of nitriles is 1. The molecule has 2 aromatic rings. The number of hydrogen-bond acceptors (Lipinski definition) is 3. The Labute approximate surface area is 147 Å². The molecule has 4 rings (SSSR count). The molecule has 0 unspecified atom stereocenters. The molecule has 0 saturated heterocycles. The van der Waals surface area contributed by atoms with Crippen LogP contribution in [0.1, 0.15) is 36.8 Å². The lowest BCUT2D eigenvalue weighted by Crippen LogP contribution is -2.38. The van der Waals surface area contributed by atoms with E-state index in [0.29, 0.717) is 12.1 Å². The van der Waals surface area contributed by atoms with Gasteiger partial charge >= 0.3 is 0 Å². The number of amides is 1. The maximum absolute atomic E-state index is 12.7. The molecular formula is C21H19N3O. The fourth-order valence-corrected chi connectivity index (χ4v) is 3.79. The Balaban J connectivity index is 1.51. The summed E-state index contributed by atoms with van der Waals surface area (Å²) >= 11 is 0. The van der Waals surface area contributed by atoms with Gasteiger partial charge in [-0.1, -0.05) is 55.3 Å². The van der Waals surface area contributed by atoms with E-state index in [2.05, 4.69) is 11.1 Å². The Bertz CT molecular complexity index is 871. The SMILES string of the molecule is N#Cc1ccccc1-c1ccc(CN2C=NC3(CCCC3)C2=O)cc1. The standard InChI is InChI=1S/C21H19N3O/c22-13-18-5-1-2-6-19(18)17-9-7-16(8-10-17)14-24-15-23-21(20(24)25)11-3-4-12-21/h1-2,5-10,15H,3-4,11-12,14H2. The summed E-state index contributed by atoms with van der Waals surface area (Å²) in [7, 11) is 0. The minimum atomic E-state index is -0.467. The van der Waals surface area contributed by atoms with E-state index < -0.39 is 5.54 Å². The maximum Gasteiger partial charge on any atom is 0.255 e. The molecule has 1 saturated carbocycles. The van der Waals surface area contributed by atoms with Gasteiger partial charge < -0.3 is 0 Å². The van der Waals surface area contributed by atoms with Gasteiger partial charge in [0.1, 0.15) is 5.54 Å². The number of carbonyl (C=O) groups excluding carboxylic acids is 1. The zero-order valence-corrected chi connectivity index (χ0v) is 14.0. The van der Waals surface area contributed by atoms with Crippen molar-refractivity contribution in [3.05, 3.63) is 59.7 Å². The monoisotopic (exact) mass is 329 g/mol. The third-order valence-corrected chi connectivity index (χ3v) is 5.20. The summed E-state index contributed by atoms with van der Waals surface area (Å²) < 4.78 is 0. The highest BCUT2D eigenvalue weighted by Crippen LogP contribution is 2.37. The summed E-state index contributed by atoms with van der Waals surface area (Å²) in [5, 5.41) is 9.25. The van der Waals surface area contributed by atoms with Crippen molar-refractivity contribution in [3.8, 4) is 17.2 Å². The summed E-state index contributed by atoms with van der Waals surface area (Å²) in [6.07, 6.45) is 5.64. The molecule has 1 aliphatic carbocycles. The lowest BCUT2D eigenvalue weighted by atomic mass is 9.97. The molecule has 0 bridgehead atoms. The van der Waals surface area contributed by atoms with Gasteiger partial charge in [0.25, 0.3) is 5.91 Å². The number of aliphatic imine (C=N–C) groups is 1. The first-order valence-electron chi connectivity index (χ1n) is 8.67. The zero-order valence-electron chi connectivity index (χ0n) is 14.0. The second kappa shape index (κ2) is 6.18. The van der Waals surface area contributed by atoms with Crippen LogP contribution in [-0.4, -0.2) is 22.7 Å². The number of rotatable bonds is 3. The van der Waals surface area contributed by atoms with Gasteiger partial charge in [-0.3, -0.25) is 14.7 Å². The van der Waals surface area contributed by atoms with Gasteiger partial charge in [-0.25, -0.2) is 0 Å². The smallest absolute Gasteiger partial charge is 0.255 e. The Hall–Kier alpha value is -2.93. The molecule has 0 atom stereocenters. The first kappa shape index (κ1) is 15.6. The Kier molecular flexibility index (Phi) is 3.85. The van der Waals surface area contributed by atoms with E-state index in [1.165, 1.54) is 0 Å². The fourth-order valence-electron chi connectivity index (χ4n) is 3.79. The maximum atomic E-state index is 12.7. The second-order valence-corrected chi connectivity index (χ2v) is 6.77. The summed E-state index contributed by atoms with van der Waals surface area (Å²) in [6.45, 7) is 0.546. The van der Waals surface area contributed by atoms with E-state index in [1.807, 2.05) is 48.5 Å². The molecule has 4 nitrogen and oxygen atoms in total. The molecule has 124 valence electrons. The van der Waals surface area contributed by atoms with Crippen molar-refractivity contribution >= 4 is 12.2 Å². The predicted molar refractivity (Wildman–Crippen MR) is 96.8 cm³/mol. The Morgan fingerprint density at radius 2 is 1.80 bits per heavy atom. The summed E-state index contributed by atoms with van der Waals surface area (Å²) in [5.74, 6) is 0.143. The number of hydrogen-bond donors (Lipinski definition) is 0. The van der Waals surface area contributed by atoms with E-state index in [9.17, 15) is 10.1 Å². The first-order valence-corrected chi connectivity index (χ1v) is 8.67. The summed E-state index contributed by atoms with van der Waals surface area (Å²) in [5.41, 5.74) is 3.20. The molecule has 1 aliphatic heterocycles. The van der Waals surface area contributed by atoms with Gasteiger partial charge in [0, 0.05) is 0 Å². The van der Waals surface area contributed by atoms with Crippen molar-refractivity contribution < 1.29 is 4.79 Å². The van der Waals surface area contributed by atoms with Gasteiger partial charge in [0.05, 0.1) is 24.5 Å². The Morgan fingerprint density at radius 3 is 2.52 bits per heavy atom. The quantitative estimate of drug-likeness (QED) is 0.857. The van der Waals surface area contributed by atoms with Crippen LogP contribution in [0, 0.1) is 11.3 Å². The van der Waals surface area contributed by atoms with Crippen LogP contribution < -0.4 is 0 Å². The molecule has 4 heteroatoms. The van der Waals surface area contributed by atoms with E-state index in [-0.39, 0.29) is 5.91 Å². The average molecular weight is 329 g/mol. The van der Waals surface area contributed by atoms with E-state index in [0.717, 1.165) is 42.4 Å². The van der Waals surface area contributed by atoms with Gasteiger partial charge in [-0.15, -0.1) is 0 Å². The van der Waals surface area contributed by atoms with Crippen LogP contribution in [0.15, 0.2) is 53.5 Å². The zero-order chi connectivity index (χ0) is 17.3. The lowest BCUT2D eigenvalue weighted by molar-refractivity contribution is -0.131. The largest absolute Gasteiger partial charge is 0.297 e. The summed E-state index contributed by atoms with van der Waals surface area (Å²) in [4.78, 5) is 18.9. The van der Waals surface area contributed by atoms with Crippen LogP contribution in [0.2, 0.25) is 0 Å². The highest BCUT2D eigenvalue weighted by molar-refractivity contribution is 6.00. The lowest BCUT2D eigenvalue weighted by Gasteiger charge is -2.21. The number of nitrogens with zero attached hydrogens (tertiary/aromatic N) is 3. The Morgan fingerprint density at radius 1 is 1.08 bits per heavy atom. The molecular weight excluding hydrogens is 310 g/mol. The fraction of sp³-hybridized carbons (Fsp3) is 0.286. The van der Waals surface area contributed by atoms with E-state index >= 15 is 0 Å². The van der Waals surface area contributed by atoms with Crippen LogP contribution in [0.5, 0.6) is 0 Å². The normalized spacial score (nSPS) is 18.0. The molecule has 0 aromatic heterocycles. The predicted octanol–water partition coefficient (Wildman–Crippen LogP) is 3.91. The van der Waals surface area contributed by atoms with Crippen molar-refractivity contribution in [2.45, 2.75) is 37.8 Å². The first-order chi connectivity index (χ1) is 12.2. The van der Waals surface area contributed by atoms with Crippen LogP contribution >= 0.6 is 0 Å². The second-order valence-electron chi connectivity index (χ2n) is 6.77. The molecule has 1 fully saturated rings. The van der Waals surface area contributed by atoms with Crippen molar-refractivity contribution in [3.63, 3.8) is 0 Å². The molecule has 1 spiro atoms.